The number of carbonyl (C=O) groups is 1. The molecule has 4 heterocycles. The van der Waals surface area contributed by atoms with Crippen LogP contribution in [-0.4, -0.2) is 30.6 Å². The van der Waals surface area contributed by atoms with Crippen LogP contribution in [0.15, 0.2) is 66.4 Å². The molecule has 3 aromatic heterocycles. The van der Waals surface area contributed by atoms with Crippen LogP contribution >= 0.6 is 0 Å². The molecule has 0 radical (unpaired) electrons. The van der Waals surface area contributed by atoms with Gasteiger partial charge in [0.15, 0.2) is 0 Å². The molecule has 1 unspecified atom stereocenters. The van der Waals surface area contributed by atoms with E-state index in [2.05, 4.69) is 30.7 Å². The Morgan fingerprint density at radius 3 is 2.64 bits per heavy atom. The number of carbonyl (C=O) groups excluding carboxylic acids is 1. The third kappa shape index (κ3) is 2.74. The first-order chi connectivity index (χ1) is 12.2. The summed E-state index contributed by atoms with van der Waals surface area (Å²) in [6.45, 7) is 1.83. The molecule has 4 rings (SSSR count). The van der Waals surface area contributed by atoms with Crippen LogP contribution in [0.4, 0.5) is 11.8 Å². The van der Waals surface area contributed by atoms with Crippen molar-refractivity contribution in [2.24, 2.45) is 0 Å². The third-order valence-electron chi connectivity index (χ3n) is 3.91. The van der Waals surface area contributed by atoms with E-state index in [9.17, 15) is 4.79 Å². The van der Waals surface area contributed by atoms with E-state index in [0.717, 1.165) is 0 Å². The van der Waals surface area contributed by atoms with Gasteiger partial charge in [0.2, 0.25) is 5.95 Å². The number of pyridine rings is 2. The Labute approximate surface area is 143 Å². The Bertz CT molecular complexity index is 934. The fourth-order valence-electron chi connectivity index (χ4n) is 2.82. The average Bonchev–Trinajstić information content (AvgIpc) is 3.10. The van der Waals surface area contributed by atoms with Gasteiger partial charge < -0.3 is 10.6 Å². The van der Waals surface area contributed by atoms with Gasteiger partial charge in [-0.3, -0.25) is 9.78 Å². The molecular weight excluding hydrogens is 318 g/mol. The van der Waals surface area contributed by atoms with E-state index in [0.29, 0.717) is 28.7 Å². The molecule has 3 aromatic rings. The summed E-state index contributed by atoms with van der Waals surface area (Å²) in [5, 5.41) is 10.2. The summed E-state index contributed by atoms with van der Waals surface area (Å²) in [6, 6.07) is 10.4. The van der Waals surface area contributed by atoms with E-state index in [1.807, 2.05) is 31.2 Å². The van der Waals surface area contributed by atoms with Gasteiger partial charge in [-0.25, -0.2) is 9.67 Å². The molecule has 1 aliphatic rings. The molecular formula is C17H15N7O. The summed E-state index contributed by atoms with van der Waals surface area (Å²) in [5.41, 5.74) is 1.92. The van der Waals surface area contributed by atoms with Crippen molar-refractivity contribution in [2.75, 3.05) is 10.6 Å². The van der Waals surface area contributed by atoms with Crippen LogP contribution in [-0.2, 0) is 4.79 Å². The minimum atomic E-state index is -0.469. The van der Waals surface area contributed by atoms with Crippen molar-refractivity contribution in [3.8, 4) is 0 Å². The van der Waals surface area contributed by atoms with Crippen molar-refractivity contribution < 1.29 is 4.79 Å². The highest BCUT2D eigenvalue weighted by atomic mass is 16.1. The van der Waals surface area contributed by atoms with Gasteiger partial charge in [-0.1, -0.05) is 12.1 Å². The Morgan fingerprint density at radius 1 is 1.12 bits per heavy atom. The van der Waals surface area contributed by atoms with Gasteiger partial charge in [-0.15, -0.1) is 0 Å². The van der Waals surface area contributed by atoms with Crippen molar-refractivity contribution in [1.82, 2.24) is 24.7 Å². The average molecular weight is 333 g/mol. The van der Waals surface area contributed by atoms with Gasteiger partial charge in [0.25, 0.3) is 5.91 Å². The number of rotatable bonds is 3. The highest BCUT2D eigenvalue weighted by Crippen LogP contribution is 2.33. The molecule has 0 fully saturated rings. The smallest absolute Gasteiger partial charge is 0.257 e. The van der Waals surface area contributed by atoms with Crippen molar-refractivity contribution in [2.45, 2.75) is 13.0 Å². The Kier molecular flexibility index (Phi) is 3.70. The highest BCUT2D eigenvalue weighted by Gasteiger charge is 2.34. The van der Waals surface area contributed by atoms with Gasteiger partial charge in [0.1, 0.15) is 18.2 Å². The van der Waals surface area contributed by atoms with E-state index in [4.69, 9.17) is 0 Å². The molecule has 1 amide bonds. The van der Waals surface area contributed by atoms with Gasteiger partial charge >= 0.3 is 0 Å². The van der Waals surface area contributed by atoms with Crippen LogP contribution in [0.3, 0.4) is 0 Å². The molecule has 8 heteroatoms. The van der Waals surface area contributed by atoms with Crippen LogP contribution in [0.1, 0.15) is 18.7 Å². The molecule has 0 saturated carbocycles. The number of hydrogen-bond acceptors (Lipinski definition) is 6. The zero-order chi connectivity index (χ0) is 17.2. The Hall–Kier alpha value is -3.55. The van der Waals surface area contributed by atoms with E-state index < -0.39 is 6.04 Å². The molecule has 25 heavy (non-hydrogen) atoms. The molecule has 8 nitrogen and oxygen atoms in total. The SMILES string of the molecule is CC1=C(C(=O)Nc2ccccn2)C(c2ccccn2)n2ncnc2N1. The predicted molar refractivity (Wildman–Crippen MR) is 91.6 cm³/mol. The van der Waals surface area contributed by atoms with Crippen molar-refractivity contribution in [3.05, 3.63) is 72.1 Å². The van der Waals surface area contributed by atoms with Gasteiger partial charge in [0.05, 0.1) is 11.3 Å². The van der Waals surface area contributed by atoms with Crippen LogP contribution in [0.2, 0.25) is 0 Å². The lowest BCUT2D eigenvalue weighted by Gasteiger charge is -2.27. The number of fused-ring (bicyclic) bond motifs is 1. The fraction of sp³-hybridized carbons (Fsp3) is 0.118. The van der Waals surface area contributed by atoms with Crippen molar-refractivity contribution >= 4 is 17.7 Å². The number of aromatic nitrogens is 5. The second kappa shape index (κ2) is 6.16. The van der Waals surface area contributed by atoms with Gasteiger partial charge in [-0.2, -0.15) is 10.1 Å². The summed E-state index contributed by atoms with van der Waals surface area (Å²) in [7, 11) is 0. The standard InChI is InChI=1S/C17H15N7O/c1-11-14(16(25)23-13-7-3-5-9-19-13)15(12-6-2-4-8-18-12)24-17(22-11)20-10-21-24/h2-10,15H,1H3,(H,19,23,25)(H,20,21,22). The van der Waals surface area contributed by atoms with Crippen LogP contribution < -0.4 is 10.6 Å². The van der Waals surface area contributed by atoms with Gasteiger partial charge in [-0.05, 0) is 31.2 Å². The maximum Gasteiger partial charge on any atom is 0.257 e. The highest BCUT2D eigenvalue weighted by molar-refractivity contribution is 6.05. The Morgan fingerprint density at radius 2 is 1.92 bits per heavy atom. The number of nitrogens with zero attached hydrogens (tertiary/aromatic N) is 5. The van der Waals surface area contributed by atoms with Crippen LogP contribution in [0.5, 0.6) is 0 Å². The zero-order valence-electron chi connectivity index (χ0n) is 13.4. The fourth-order valence-corrected chi connectivity index (χ4v) is 2.82. The number of nitrogens with one attached hydrogen (secondary N) is 2. The number of allylic oxidation sites excluding steroid dienone is 1. The monoisotopic (exact) mass is 333 g/mol. The predicted octanol–water partition coefficient (Wildman–Crippen LogP) is 2.00. The van der Waals surface area contributed by atoms with E-state index in [1.54, 1.807) is 29.2 Å². The zero-order valence-corrected chi connectivity index (χ0v) is 13.4. The van der Waals surface area contributed by atoms with Crippen LogP contribution in [0, 0.1) is 0 Å². The van der Waals surface area contributed by atoms with Crippen LogP contribution in [0.25, 0.3) is 0 Å². The Balaban J connectivity index is 1.77. The largest absolute Gasteiger partial charge is 0.328 e. The van der Waals surface area contributed by atoms with E-state index in [1.165, 1.54) is 6.33 Å². The maximum absolute atomic E-state index is 13.0. The first kappa shape index (κ1) is 15.0. The summed E-state index contributed by atoms with van der Waals surface area (Å²) in [4.78, 5) is 25.7. The number of anilines is 2. The molecule has 2 N–H and O–H groups in total. The summed E-state index contributed by atoms with van der Waals surface area (Å²) in [6.07, 6.45) is 4.77. The van der Waals surface area contributed by atoms with Crippen molar-refractivity contribution in [1.29, 1.82) is 0 Å². The minimum Gasteiger partial charge on any atom is -0.328 e. The molecule has 0 aliphatic carbocycles. The molecule has 124 valence electrons. The summed E-state index contributed by atoms with van der Waals surface area (Å²) in [5.74, 6) is 0.792. The lowest BCUT2D eigenvalue weighted by atomic mass is 9.99. The minimum absolute atomic E-state index is 0.263. The first-order valence-corrected chi connectivity index (χ1v) is 7.74. The maximum atomic E-state index is 13.0. The molecule has 0 spiro atoms. The lowest BCUT2D eigenvalue weighted by Crippen LogP contribution is -2.32. The summed E-state index contributed by atoms with van der Waals surface area (Å²) < 4.78 is 1.66. The van der Waals surface area contributed by atoms with Crippen molar-refractivity contribution in [3.63, 3.8) is 0 Å². The number of hydrogen-bond donors (Lipinski definition) is 2. The molecule has 0 aromatic carbocycles. The normalized spacial score (nSPS) is 16.1. The molecule has 1 atom stereocenters. The van der Waals surface area contributed by atoms with E-state index >= 15 is 0 Å². The first-order valence-electron chi connectivity index (χ1n) is 7.74. The lowest BCUT2D eigenvalue weighted by molar-refractivity contribution is -0.113. The quantitative estimate of drug-likeness (QED) is 0.761. The third-order valence-corrected chi connectivity index (χ3v) is 3.91. The number of amides is 1. The molecule has 1 aliphatic heterocycles. The molecule has 0 saturated heterocycles. The van der Waals surface area contributed by atoms with E-state index in [-0.39, 0.29) is 5.91 Å². The topological polar surface area (TPSA) is 97.6 Å². The second-order valence-corrected chi connectivity index (χ2v) is 5.52. The van der Waals surface area contributed by atoms with Gasteiger partial charge in [0, 0.05) is 18.1 Å². The summed E-state index contributed by atoms with van der Waals surface area (Å²) >= 11 is 0. The molecule has 0 bridgehead atoms. The second-order valence-electron chi connectivity index (χ2n) is 5.52.